The average molecular weight is 188 g/mol. The van der Waals surface area contributed by atoms with Crippen LogP contribution in [-0.2, 0) is 18.7 Å². The van der Waals surface area contributed by atoms with Gasteiger partial charge in [0.25, 0.3) is 11.8 Å². The van der Waals surface area contributed by atoms with Gasteiger partial charge >= 0.3 is 8.18 Å². The van der Waals surface area contributed by atoms with Gasteiger partial charge in [-0.1, -0.05) is 6.58 Å². The summed E-state index contributed by atoms with van der Waals surface area (Å²) >= 11 is 0. The molecule has 0 aromatic rings. The number of carbonyl (C=O) groups excluding carboxylic acids is 2. The van der Waals surface area contributed by atoms with E-state index in [0.717, 1.165) is 6.26 Å². The highest BCUT2D eigenvalue weighted by Crippen LogP contribution is 2.33. The van der Waals surface area contributed by atoms with Crippen LogP contribution < -0.4 is 0 Å². The van der Waals surface area contributed by atoms with Crippen molar-refractivity contribution in [1.82, 2.24) is 4.67 Å². The molecule has 0 radical (unpaired) electrons. The lowest BCUT2D eigenvalue weighted by molar-refractivity contribution is -0.132. The topological polar surface area (TPSA) is 63.7 Å². The highest BCUT2D eigenvalue weighted by molar-refractivity contribution is 7.38. The zero-order chi connectivity index (χ0) is 9.14. The van der Waals surface area contributed by atoms with E-state index < -0.39 is 20.0 Å². The van der Waals surface area contributed by atoms with E-state index in [1.165, 1.54) is 0 Å². The standard InChI is InChI=1S/C6H7NO4P/c1-2-11-12(10)7-5(8)3-4-6(7)9/h2H,1,3-4H2/q+1. The fourth-order valence-corrected chi connectivity index (χ4v) is 1.64. The third-order valence-electron chi connectivity index (χ3n) is 1.35. The second kappa shape index (κ2) is 3.45. The molecule has 0 N–H and O–H groups in total. The molecule has 1 aliphatic heterocycles. The Labute approximate surface area is 69.9 Å². The number of carbonyl (C=O) groups is 2. The quantitative estimate of drug-likeness (QED) is 0.375. The fraction of sp³-hybridized carbons (Fsp3) is 0.333. The third kappa shape index (κ3) is 1.51. The molecule has 1 fully saturated rings. The molecule has 1 aliphatic rings. The van der Waals surface area contributed by atoms with Crippen LogP contribution in [0.4, 0.5) is 0 Å². The number of rotatable bonds is 3. The molecule has 0 aliphatic carbocycles. The number of hydrogen-bond acceptors (Lipinski definition) is 4. The van der Waals surface area contributed by atoms with Gasteiger partial charge in [0, 0.05) is 17.4 Å². The second-order valence-corrected chi connectivity index (χ2v) is 3.20. The van der Waals surface area contributed by atoms with Crippen LogP contribution in [0.15, 0.2) is 12.8 Å². The van der Waals surface area contributed by atoms with Gasteiger partial charge < -0.3 is 0 Å². The Morgan fingerprint density at radius 3 is 2.33 bits per heavy atom. The van der Waals surface area contributed by atoms with Crippen LogP contribution in [0.3, 0.4) is 0 Å². The van der Waals surface area contributed by atoms with E-state index in [1.54, 1.807) is 0 Å². The van der Waals surface area contributed by atoms with E-state index in [4.69, 9.17) is 0 Å². The minimum atomic E-state index is -2.39. The predicted molar refractivity (Wildman–Crippen MR) is 40.0 cm³/mol. The largest absolute Gasteiger partial charge is 0.707 e. The zero-order valence-electron chi connectivity index (χ0n) is 6.23. The van der Waals surface area contributed by atoms with Crippen molar-refractivity contribution in [3.8, 4) is 0 Å². The molecule has 1 atom stereocenters. The highest BCUT2D eigenvalue weighted by Gasteiger charge is 2.46. The zero-order valence-corrected chi connectivity index (χ0v) is 7.12. The molecule has 1 unspecified atom stereocenters. The number of amides is 2. The molecule has 0 saturated carbocycles. The number of imide groups is 1. The maximum atomic E-state index is 11.0. The molecule has 6 heteroatoms. The summed E-state index contributed by atoms with van der Waals surface area (Å²) in [6, 6.07) is 0. The molecular formula is C6H7NO4P+. The van der Waals surface area contributed by atoms with E-state index in [-0.39, 0.29) is 12.8 Å². The molecule has 1 rings (SSSR count). The van der Waals surface area contributed by atoms with Gasteiger partial charge in [0.1, 0.15) is 6.26 Å². The van der Waals surface area contributed by atoms with E-state index >= 15 is 0 Å². The lowest BCUT2D eigenvalue weighted by Gasteiger charge is -1.94. The van der Waals surface area contributed by atoms with Crippen molar-refractivity contribution in [1.29, 1.82) is 0 Å². The van der Waals surface area contributed by atoms with Crippen molar-refractivity contribution < 1.29 is 18.7 Å². The Kier molecular flexibility index (Phi) is 2.55. The second-order valence-electron chi connectivity index (χ2n) is 2.11. The van der Waals surface area contributed by atoms with Crippen LogP contribution in [0.5, 0.6) is 0 Å². The van der Waals surface area contributed by atoms with Crippen molar-refractivity contribution >= 4 is 20.0 Å². The van der Waals surface area contributed by atoms with Crippen LogP contribution in [0.1, 0.15) is 12.8 Å². The first-order valence-corrected chi connectivity index (χ1v) is 4.40. The van der Waals surface area contributed by atoms with Gasteiger partial charge in [0.15, 0.2) is 0 Å². The summed E-state index contributed by atoms with van der Waals surface area (Å²) in [5.74, 6) is -0.911. The summed E-state index contributed by atoms with van der Waals surface area (Å²) < 4.78 is 16.1. The monoisotopic (exact) mass is 188 g/mol. The lowest BCUT2D eigenvalue weighted by atomic mass is 10.4. The van der Waals surface area contributed by atoms with E-state index in [0.29, 0.717) is 4.67 Å². The SMILES string of the molecule is C=CO[P+](=O)N1C(=O)CCC1=O. The first kappa shape index (κ1) is 8.87. The molecule has 0 aromatic carbocycles. The molecule has 12 heavy (non-hydrogen) atoms. The van der Waals surface area contributed by atoms with Crippen LogP contribution in [0.25, 0.3) is 0 Å². The first-order chi connectivity index (χ1) is 5.66. The summed E-state index contributed by atoms with van der Waals surface area (Å²) in [5.41, 5.74) is 0. The van der Waals surface area contributed by atoms with Gasteiger partial charge in [-0.3, -0.25) is 9.59 Å². The molecule has 1 heterocycles. The van der Waals surface area contributed by atoms with Crippen LogP contribution >= 0.6 is 8.18 Å². The predicted octanol–water partition coefficient (Wildman–Crippen LogP) is 0.953. The highest BCUT2D eigenvalue weighted by atomic mass is 31.1. The molecule has 5 nitrogen and oxygen atoms in total. The first-order valence-electron chi connectivity index (χ1n) is 3.27. The van der Waals surface area contributed by atoms with Crippen molar-refractivity contribution in [2.45, 2.75) is 12.8 Å². The van der Waals surface area contributed by atoms with Crippen molar-refractivity contribution in [2.24, 2.45) is 0 Å². The van der Waals surface area contributed by atoms with E-state index in [2.05, 4.69) is 11.1 Å². The number of nitrogens with zero attached hydrogens (tertiary/aromatic N) is 1. The van der Waals surface area contributed by atoms with Crippen LogP contribution in [0, 0.1) is 0 Å². The van der Waals surface area contributed by atoms with Crippen LogP contribution in [-0.4, -0.2) is 16.5 Å². The summed E-state index contributed by atoms with van der Waals surface area (Å²) in [7, 11) is -2.39. The average Bonchev–Trinajstić information content (AvgIpc) is 2.32. The van der Waals surface area contributed by atoms with Gasteiger partial charge in [-0.05, 0) is 4.67 Å². The van der Waals surface area contributed by atoms with Crippen molar-refractivity contribution in [3.05, 3.63) is 12.8 Å². The Morgan fingerprint density at radius 1 is 1.42 bits per heavy atom. The maximum absolute atomic E-state index is 11.0. The normalized spacial score (nSPS) is 18.0. The summed E-state index contributed by atoms with van der Waals surface area (Å²) in [6.45, 7) is 3.17. The van der Waals surface area contributed by atoms with Gasteiger partial charge in [0.05, 0.1) is 0 Å². The third-order valence-corrected chi connectivity index (χ3v) is 2.46. The number of hydrogen-bond donors (Lipinski definition) is 0. The minimum absolute atomic E-state index is 0.112. The van der Waals surface area contributed by atoms with Gasteiger partial charge in [-0.2, -0.15) is 0 Å². The summed E-state index contributed by atoms with van der Waals surface area (Å²) in [6.07, 6.45) is 1.17. The van der Waals surface area contributed by atoms with E-state index in [9.17, 15) is 14.2 Å². The van der Waals surface area contributed by atoms with Gasteiger partial charge in [0.2, 0.25) is 0 Å². The molecular weight excluding hydrogens is 181 g/mol. The van der Waals surface area contributed by atoms with E-state index in [1.807, 2.05) is 0 Å². The smallest absolute Gasteiger partial charge is 0.270 e. The molecule has 0 bridgehead atoms. The molecule has 1 saturated heterocycles. The molecule has 2 amide bonds. The Bertz CT molecular complexity index is 246. The lowest BCUT2D eigenvalue weighted by Crippen LogP contribution is -2.21. The maximum Gasteiger partial charge on any atom is 0.707 e. The van der Waals surface area contributed by atoms with Gasteiger partial charge in [-0.25, -0.2) is 4.52 Å². The molecule has 0 aromatic heterocycles. The minimum Gasteiger partial charge on any atom is -0.270 e. The Morgan fingerprint density at radius 2 is 1.92 bits per heavy atom. The van der Waals surface area contributed by atoms with Crippen molar-refractivity contribution in [2.75, 3.05) is 0 Å². The van der Waals surface area contributed by atoms with Gasteiger partial charge in [-0.15, -0.1) is 0 Å². The molecule has 0 spiro atoms. The molecule has 64 valence electrons. The Hall–Kier alpha value is -1.22. The van der Waals surface area contributed by atoms with Crippen molar-refractivity contribution in [3.63, 3.8) is 0 Å². The summed E-state index contributed by atoms with van der Waals surface area (Å²) in [4.78, 5) is 21.8. The summed E-state index contributed by atoms with van der Waals surface area (Å²) in [5, 5.41) is 0. The fourth-order valence-electron chi connectivity index (χ4n) is 0.858. The van der Waals surface area contributed by atoms with Crippen LogP contribution in [0.2, 0.25) is 0 Å². The Balaban J connectivity index is 2.72.